The van der Waals surface area contributed by atoms with E-state index in [1.54, 1.807) is 0 Å². The Morgan fingerprint density at radius 1 is 1.14 bits per heavy atom. The Bertz CT molecular complexity index is 524. The smallest absolute Gasteiger partial charge is 0.102 e. The van der Waals surface area contributed by atoms with Gasteiger partial charge >= 0.3 is 0 Å². The van der Waals surface area contributed by atoms with Gasteiger partial charge in [0.05, 0.1) is 6.10 Å². The minimum absolute atomic E-state index is 0.106. The first-order chi connectivity index (χ1) is 10.2. The topological polar surface area (TPSA) is 40.5 Å². The maximum atomic E-state index is 12.1. The molecule has 6 atom stereocenters. The van der Waals surface area contributed by atoms with Crippen molar-refractivity contribution < 1.29 is 10.2 Å². The first-order valence-corrected chi connectivity index (χ1v) is 9.24. The van der Waals surface area contributed by atoms with Gasteiger partial charge in [-0.25, -0.2) is 0 Å². The minimum atomic E-state index is -0.920. The molecule has 2 N–H and O–H groups in total. The third-order valence-corrected chi connectivity index (χ3v) is 8.59. The normalized spacial score (nSPS) is 56.4. The highest BCUT2D eigenvalue weighted by atomic mass is 16.3. The van der Waals surface area contributed by atoms with E-state index in [9.17, 15) is 10.2 Å². The molecule has 2 bridgehead atoms. The number of hydrogen-bond donors (Lipinski definition) is 2. The van der Waals surface area contributed by atoms with Gasteiger partial charge in [-0.05, 0) is 62.2 Å². The van der Waals surface area contributed by atoms with E-state index in [0.717, 1.165) is 32.1 Å². The molecule has 6 unspecified atom stereocenters. The van der Waals surface area contributed by atoms with Crippen molar-refractivity contribution >= 4 is 0 Å². The molecular formula is C20H32O2. The fourth-order valence-electron chi connectivity index (χ4n) is 7.68. The van der Waals surface area contributed by atoms with Crippen LogP contribution in [-0.2, 0) is 0 Å². The van der Waals surface area contributed by atoms with E-state index in [4.69, 9.17) is 0 Å². The molecule has 0 aromatic rings. The van der Waals surface area contributed by atoms with Crippen molar-refractivity contribution in [3.8, 4) is 0 Å². The fourth-order valence-corrected chi connectivity index (χ4v) is 7.68. The summed E-state index contributed by atoms with van der Waals surface area (Å²) in [5.41, 5.74) is 0.382. The molecule has 124 valence electrons. The number of aliphatic hydroxyl groups excluding tert-OH is 1. The summed E-state index contributed by atoms with van der Waals surface area (Å²) in [5, 5.41) is 23.1. The van der Waals surface area contributed by atoms with Gasteiger partial charge in [0.15, 0.2) is 0 Å². The van der Waals surface area contributed by atoms with Gasteiger partial charge in [-0.15, -0.1) is 0 Å². The Kier molecular flexibility index (Phi) is 2.89. The second kappa shape index (κ2) is 4.19. The summed E-state index contributed by atoms with van der Waals surface area (Å²) in [5.74, 6) is 0.955. The van der Waals surface area contributed by atoms with Crippen LogP contribution in [0.3, 0.4) is 0 Å². The van der Waals surface area contributed by atoms with Crippen LogP contribution in [0.5, 0.6) is 0 Å². The Balaban J connectivity index is 1.86. The first kappa shape index (κ1) is 15.2. The van der Waals surface area contributed by atoms with Gasteiger partial charge in [0.1, 0.15) is 5.60 Å². The summed E-state index contributed by atoms with van der Waals surface area (Å²) in [7, 11) is 0. The lowest BCUT2D eigenvalue weighted by molar-refractivity contribution is -0.297. The summed E-state index contributed by atoms with van der Waals surface area (Å²) in [6.07, 6.45) is 7.91. The Labute approximate surface area is 135 Å². The molecule has 4 rings (SSSR count). The summed E-state index contributed by atoms with van der Waals surface area (Å²) in [6, 6.07) is 0. The zero-order valence-electron chi connectivity index (χ0n) is 14.5. The molecular weight excluding hydrogens is 272 g/mol. The average molecular weight is 304 g/mol. The van der Waals surface area contributed by atoms with Crippen LogP contribution in [0.1, 0.15) is 72.1 Å². The Hall–Kier alpha value is -0.340. The molecule has 0 aromatic heterocycles. The highest BCUT2D eigenvalue weighted by Crippen LogP contribution is 2.73. The van der Waals surface area contributed by atoms with E-state index >= 15 is 0 Å². The molecule has 4 saturated carbocycles. The molecule has 2 nitrogen and oxygen atoms in total. The van der Waals surface area contributed by atoms with Crippen LogP contribution in [0.25, 0.3) is 0 Å². The van der Waals surface area contributed by atoms with Gasteiger partial charge in [-0.3, -0.25) is 0 Å². The van der Waals surface area contributed by atoms with E-state index in [0.29, 0.717) is 11.8 Å². The number of allylic oxidation sites excluding steroid dienone is 1. The van der Waals surface area contributed by atoms with Gasteiger partial charge in [0.25, 0.3) is 0 Å². The summed E-state index contributed by atoms with van der Waals surface area (Å²) < 4.78 is 0. The lowest BCUT2D eigenvalue weighted by Gasteiger charge is -2.69. The number of hydrogen-bond acceptors (Lipinski definition) is 2. The maximum absolute atomic E-state index is 12.1. The number of fused-ring (bicyclic) bond motifs is 3. The SMILES string of the molecule is C=C1CC23CCC4C(C)(C)CCCC4(C)C2(O)C(O)CC1C3. The largest absolute Gasteiger partial charge is 0.390 e. The molecule has 0 aliphatic heterocycles. The van der Waals surface area contributed by atoms with Crippen LogP contribution in [0.4, 0.5) is 0 Å². The van der Waals surface area contributed by atoms with Gasteiger partial charge < -0.3 is 10.2 Å². The highest BCUT2D eigenvalue weighted by Gasteiger charge is 2.73. The number of rotatable bonds is 0. The quantitative estimate of drug-likeness (QED) is 0.663. The maximum Gasteiger partial charge on any atom is 0.102 e. The van der Waals surface area contributed by atoms with Crippen molar-refractivity contribution in [2.24, 2.45) is 28.1 Å². The monoisotopic (exact) mass is 304 g/mol. The van der Waals surface area contributed by atoms with Gasteiger partial charge in [-0.2, -0.15) is 0 Å². The number of aliphatic hydroxyl groups is 2. The van der Waals surface area contributed by atoms with E-state index < -0.39 is 11.7 Å². The lowest BCUT2D eigenvalue weighted by Crippen LogP contribution is -2.72. The second-order valence-electron chi connectivity index (χ2n) is 9.89. The molecule has 22 heavy (non-hydrogen) atoms. The molecule has 4 fully saturated rings. The van der Waals surface area contributed by atoms with Crippen molar-refractivity contribution in [2.75, 3.05) is 0 Å². The van der Waals surface area contributed by atoms with Gasteiger partial charge in [-0.1, -0.05) is 39.3 Å². The summed E-state index contributed by atoms with van der Waals surface area (Å²) >= 11 is 0. The molecule has 0 heterocycles. The van der Waals surface area contributed by atoms with Crippen LogP contribution in [0, 0.1) is 28.1 Å². The van der Waals surface area contributed by atoms with Crippen molar-refractivity contribution in [3.63, 3.8) is 0 Å². The third-order valence-electron chi connectivity index (χ3n) is 8.59. The predicted octanol–water partition coefficient (Wildman–Crippen LogP) is 4.06. The zero-order valence-corrected chi connectivity index (χ0v) is 14.5. The third kappa shape index (κ3) is 1.50. The summed E-state index contributed by atoms with van der Waals surface area (Å²) in [6.45, 7) is 11.3. The molecule has 0 saturated heterocycles. The molecule has 4 aliphatic carbocycles. The standard InChI is InChI=1S/C20H32O2/c1-13-11-19-9-6-15-17(2,3)7-5-8-18(15,4)20(19,22)16(21)10-14(13)12-19/h14-16,21-22H,1,5-12H2,2-4H3. The average Bonchev–Trinajstić information content (AvgIpc) is 2.68. The molecule has 0 aromatic carbocycles. The van der Waals surface area contributed by atoms with Gasteiger partial charge in [0, 0.05) is 10.8 Å². The molecule has 1 spiro atoms. The minimum Gasteiger partial charge on any atom is -0.390 e. The van der Waals surface area contributed by atoms with E-state index in [-0.39, 0.29) is 16.2 Å². The zero-order chi connectivity index (χ0) is 16.0. The lowest BCUT2D eigenvalue weighted by atomic mass is 9.38. The Morgan fingerprint density at radius 3 is 2.59 bits per heavy atom. The molecule has 0 radical (unpaired) electrons. The van der Waals surface area contributed by atoms with Crippen molar-refractivity contribution in [1.29, 1.82) is 0 Å². The summed E-state index contributed by atoms with van der Waals surface area (Å²) in [4.78, 5) is 0. The van der Waals surface area contributed by atoms with E-state index in [1.165, 1.54) is 24.8 Å². The van der Waals surface area contributed by atoms with Gasteiger partial charge in [0.2, 0.25) is 0 Å². The molecule has 4 aliphatic rings. The van der Waals surface area contributed by atoms with E-state index in [2.05, 4.69) is 27.4 Å². The predicted molar refractivity (Wildman–Crippen MR) is 88.3 cm³/mol. The van der Waals surface area contributed by atoms with Crippen LogP contribution < -0.4 is 0 Å². The van der Waals surface area contributed by atoms with Crippen LogP contribution in [0.2, 0.25) is 0 Å². The van der Waals surface area contributed by atoms with Crippen LogP contribution >= 0.6 is 0 Å². The first-order valence-electron chi connectivity index (χ1n) is 9.24. The van der Waals surface area contributed by atoms with Crippen molar-refractivity contribution in [1.82, 2.24) is 0 Å². The Morgan fingerprint density at radius 2 is 1.86 bits per heavy atom. The second-order valence-corrected chi connectivity index (χ2v) is 9.89. The fraction of sp³-hybridized carbons (Fsp3) is 0.900. The van der Waals surface area contributed by atoms with Crippen LogP contribution in [0.15, 0.2) is 12.2 Å². The molecule has 0 amide bonds. The van der Waals surface area contributed by atoms with Crippen molar-refractivity contribution in [3.05, 3.63) is 12.2 Å². The van der Waals surface area contributed by atoms with E-state index in [1.807, 2.05) is 0 Å². The van der Waals surface area contributed by atoms with Crippen molar-refractivity contribution in [2.45, 2.75) is 83.8 Å². The highest BCUT2D eigenvalue weighted by molar-refractivity contribution is 5.30. The van der Waals surface area contributed by atoms with Crippen LogP contribution in [-0.4, -0.2) is 21.9 Å². The molecule has 2 heteroatoms.